The van der Waals surface area contributed by atoms with Crippen LogP contribution in [0.3, 0.4) is 0 Å². The van der Waals surface area contributed by atoms with Crippen molar-refractivity contribution in [1.82, 2.24) is 0 Å². The van der Waals surface area contributed by atoms with Gasteiger partial charge in [0.2, 0.25) is 5.91 Å². The first-order chi connectivity index (χ1) is 8.65. The minimum absolute atomic E-state index is 0. The number of carbonyl (C=O) groups is 1. The molecule has 0 aliphatic carbocycles. The van der Waals surface area contributed by atoms with Crippen LogP contribution in [0.5, 0.6) is 0 Å². The van der Waals surface area contributed by atoms with Gasteiger partial charge in [0, 0.05) is 6.61 Å². The summed E-state index contributed by atoms with van der Waals surface area (Å²) in [4.78, 5) is 13.6. The fourth-order valence-corrected chi connectivity index (χ4v) is 2.05. The molecule has 0 unspecified atom stereocenters. The van der Waals surface area contributed by atoms with E-state index in [0.717, 1.165) is 23.2 Å². The van der Waals surface area contributed by atoms with Crippen LogP contribution in [0.15, 0.2) is 18.2 Å². The summed E-state index contributed by atoms with van der Waals surface area (Å²) < 4.78 is 5.37. The standard InChI is InChI=1S/C14H20ClNO2.Na.H/c1-4-12-8-6-7-11(3)14(12)16(10-18-5-2)13(17)9-15;;/h6-8H,4-5,9-10H2,1-3H3;;/q;+1;-1. The van der Waals surface area contributed by atoms with Gasteiger partial charge in [-0.25, -0.2) is 0 Å². The van der Waals surface area contributed by atoms with E-state index < -0.39 is 0 Å². The molecule has 0 radical (unpaired) electrons. The number of halogens is 1. The molecule has 0 N–H and O–H groups in total. The third-order valence-electron chi connectivity index (χ3n) is 2.81. The second-order valence-corrected chi connectivity index (χ2v) is 4.28. The zero-order chi connectivity index (χ0) is 13.5. The Bertz CT molecular complexity index is 418. The summed E-state index contributed by atoms with van der Waals surface area (Å²) in [5, 5.41) is 0. The molecule has 0 atom stereocenters. The Morgan fingerprint density at radius 2 is 2.11 bits per heavy atom. The average molecular weight is 294 g/mol. The minimum Gasteiger partial charge on any atom is -1.00 e. The fourth-order valence-electron chi connectivity index (χ4n) is 1.91. The molecule has 0 aliphatic heterocycles. The number of benzene rings is 1. The number of alkyl halides is 1. The first-order valence-electron chi connectivity index (χ1n) is 6.18. The van der Waals surface area contributed by atoms with Gasteiger partial charge >= 0.3 is 29.6 Å². The van der Waals surface area contributed by atoms with Crippen LogP contribution in [-0.4, -0.2) is 25.1 Å². The Morgan fingerprint density at radius 3 is 2.63 bits per heavy atom. The zero-order valence-electron chi connectivity index (χ0n) is 13.2. The summed E-state index contributed by atoms with van der Waals surface area (Å²) in [6.45, 7) is 6.79. The van der Waals surface area contributed by atoms with Crippen molar-refractivity contribution < 1.29 is 40.5 Å². The molecule has 0 saturated heterocycles. The minimum atomic E-state index is -0.130. The van der Waals surface area contributed by atoms with Crippen molar-refractivity contribution in [3.8, 4) is 0 Å². The maximum Gasteiger partial charge on any atom is 1.00 e. The number of nitrogens with zero attached hydrogens (tertiary/aromatic N) is 1. The maximum atomic E-state index is 12.0. The van der Waals surface area contributed by atoms with Gasteiger partial charge in [0.15, 0.2) is 0 Å². The van der Waals surface area contributed by atoms with E-state index in [2.05, 4.69) is 6.92 Å². The summed E-state index contributed by atoms with van der Waals surface area (Å²) in [6, 6.07) is 6.03. The number of para-hydroxylation sites is 1. The molecule has 0 aromatic heterocycles. The van der Waals surface area contributed by atoms with Gasteiger partial charge in [0.1, 0.15) is 12.6 Å². The van der Waals surface area contributed by atoms with Gasteiger partial charge in [-0.15, -0.1) is 11.6 Å². The molecule has 0 aliphatic rings. The van der Waals surface area contributed by atoms with Crippen molar-refractivity contribution >= 4 is 23.2 Å². The van der Waals surface area contributed by atoms with Crippen LogP contribution in [0.2, 0.25) is 0 Å². The van der Waals surface area contributed by atoms with Gasteiger partial charge < -0.3 is 6.16 Å². The Labute approximate surface area is 144 Å². The fraction of sp³-hybridized carbons (Fsp3) is 0.500. The number of rotatable bonds is 6. The zero-order valence-corrected chi connectivity index (χ0v) is 15.0. The quantitative estimate of drug-likeness (QED) is 0.427. The molecule has 1 aromatic rings. The number of amides is 1. The van der Waals surface area contributed by atoms with Crippen LogP contribution in [0.4, 0.5) is 5.69 Å². The second kappa shape index (κ2) is 9.78. The van der Waals surface area contributed by atoms with Crippen LogP contribution in [-0.2, 0) is 16.0 Å². The maximum absolute atomic E-state index is 12.0. The summed E-state index contributed by atoms with van der Waals surface area (Å²) in [6.07, 6.45) is 0.870. The Kier molecular flexibility index (Phi) is 9.75. The van der Waals surface area contributed by atoms with Gasteiger partial charge in [-0.1, -0.05) is 25.1 Å². The summed E-state index contributed by atoms with van der Waals surface area (Å²) in [7, 11) is 0. The normalized spacial score (nSPS) is 9.89. The van der Waals surface area contributed by atoms with Crippen LogP contribution in [0, 0.1) is 6.92 Å². The van der Waals surface area contributed by atoms with Gasteiger partial charge in [0.25, 0.3) is 0 Å². The molecule has 0 fully saturated rings. The molecule has 0 heterocycles. The molecule has 1 aromatic carbocycles. The van der Waals surface area contributed by atoms with Gasteiger partial charge in [0.05, 0.1) is 5.69 Å². The number of anilines is 1. The first kappa shape index (κ1) is 18.9. The van der Waals surface area contributed by atoms with E-state index in [4.69, 9.17) is 16.3 Å². The van der Waals surface area contributed by atoms with Crippen molar-refractivity contribution in [3.63, 3.8) is 0 Å². The van der Waals surface area contributed by atoms with Crippen LogP contribution < -0.4 is 34.5 Å². The topological polar surface area (TPSA) is 29.5 Å². The number of hydrogen-bond acceptors (Lipinski definition) is 2. The van der Waals surface area contributed by atoms with Crippen molar-refractivity contribution in [2.24, 2.45) is 0 Å². The van der Waals surface area contributed by atoms with Gasteiger partial charge in [-0.2, -0.15) is 0 Å². The predicted octanol–water partition coefficient (Wildman–Crippen LogP) is 0.240. The number of hydrogen-bond donors (Lipinski definition) is 0. The largest absolute Gasteiger partial charge is 1.00 e. The molecule has 0 bridgehead atoms. The summed E-state index contributed by atoms with van der Waals surface area (Å²) >= 11 is 5.68. The molecular weight excluding hydrogens is 273 g/mol. The smallest absolute Gasteiger partial charge is 1.00 e. The number of ether oxygens (including phenoxy) is 1. The van der Waals surface area contributed by atoms with Gasteiger partial charge in [-0.05, 0) is 31.4 Å². The van der Waals surface area contributed by atoms with Crippen molar-refractivity contribution in [1.29, 1.82) is 0 Å². The second-order valence-electron chi connectivity index (χ2n) is 4.01. The molecule has 1 amide bonds. The average Bonchev–Trinajstić information content (AvgIpc) is 2.39. The predicted molar refractivity (Wildman–Crippen MR) is 76.4 cm³/mol. The molecule has 0 saturated carbocycles. The Morgan fingerprint density at radius 1 is 1.42 bits per heavy atom. The van der Waals surface area contributed by atoms with Crippen molar-refractivity contribution in [2.45, 2.75) is 27.2 Å². The van der Waals surface area contributed by atoms with Crippen LogP contribution >= 0.6 is 11.6 Å². The summed E-state index contributed by atoms with van der Waals surface area (Å²) in [5.74, 6) is -0.168. The monoisotopic (exact) mass is 293 g/mol. The SMILES string of the molecule is CCOCN(C(=O)CCl)c1c(C)cccc1CC.[H-].[Na+]. The summed E-state index contributed by atoms with van der Waals surface area (Å²) in [5.41, 5.74) is 3.12. The van der Waals surface area contributed by atoms with Crippen LogP contribution in [0.25, 0.3) is 0 Å². The van der Waals surface area contributed by atoms with E-state index in [1.165, 1.54) is 0 Å². The molecule has 0 spiro atoms. The van der Waals surface area contributed by atoms with Crippen LogP contribution in [0.1, 0.15) is 26.4 Å². The molecule has 19 heavy (non-hydrogen) atoms. The third-order valence-corrected chi connectivity index (χ3v) is 3.04. The molecule has 3 nitrogen and oxygen atoms in total. The van der Waals surface area contributed by atoms with E-state index >= 15 is 0 Å². The molecule has 102 valence electrons. The number of carbonyl (C=O) groups excluding carboxylic acids is 1. The van der Waals surface area contributed by atoms with Crippen molar-refractivity contribution in [2.75, 3.05) is 24.1 Å². The van der Waals surface area contributed by atoms with E-state index in [-0.39, 0.29) is 49.5 Å². The molecule has 5 heteroatoms. The van der Waals surface area contributed by atoms with E-state index in [1.54, 1.807) is 4.90 Å². The van der Waals surface area contributed by atoms with E-state index in [0.29, 0.717) is 6.61 Å². The third kappa shape index (κ3) is 5.09. The molecule has 1 rings (SSSR count). The Hall–Kier alpha value is -0.0600. The Balaban J connectivity index is 0. The van der Waals surface area contributed by atoms with Gasteiger partial charge in [-0.3, -0.25) is 9.69 Å². The number of aryl methyl sites for hydroxylation is 2. The van der Waals surface area contributed by atoms with E-state index in [1.807, 2.05) is 32.0 Å². The van der Waals surface area contributed by atoms with E-state index in [9.17, 15) is 4.79 Å². The first-order valence-corrected chi connectivity index (χ1v) is 6.71. The van der Waals surface area contributed by atoms with Crippen molar-refractivity contribution in [3.05, 3.63) is 29.3 Å². The molecular formula is C14H21ClNNaO2.